The number of carbonyl (C=O) groups excluding carboxylic acids is 1. The topological polar surface area (TPSA) is 68.2 Å². The maximum absolute atomic E-state index is 11.7. The number of phenols is 1. The molecule has 144 valence electrons. The molecule has 4 rings (SSSR count). The zero-order valence-corrected chi connectivity index (χ0v) is 16.7. The third kappa shape index (κ3) is 3.29. The monoisotopic (exact) mass is 435 g/mol. The average molecular weight is 436 g/mol. The Morgan fingerprint density at radius 1 is 1.37 bits per heavy atom. The summed E-state index contributed by atoms with van der Waals surface area (Å²) in [6, 6.07) is 3.44. The van der Waals surface area contributed by atoms with Crippen LogP contribution < -0.4 is 4.74 Å². The van der Waals surface area contributed by atoms with Crippen LogP contribution in [0.4, 0.5) is 0 Å². The predicted octanol–water partition coefficient (Wildman–Crippen LogP) is 3.63. The lowest BCUT2D eigenvalue weighted by molar-refractivity contribution is -0.150. The zero-order chi connectivity index (χ0) is 19.0. The van der Waals surface area contributed by atoms with Gasteiger partial charge in [-0.1, -0.05) is 21.5 Å². The minimum absolute atomic E-state index is 0.0259. The summed E-state index contributed by atoms with van der Waals surface area (Å²) in [5.74, 6) is -0.0463. The molecule has 0 radical (unpaired) electrons. The predicted molar refractivity (Wildman–Crippen MR) is 102 cm³/mol. The smallest absolute Gasteiger partial charge is 0.253 e. The van der Waals surface area contributed by atoms with Crippen molar-refractivity contribution in [3.8, 4) is 11.5 Å². The molecule has 0 fully saturated rings. The maximum Gasteiger partial charge on any atom is 0.253 e. The summed E-state index contributed by atoms with van der Waals surface area (Å²) in [7, 11) is 1.52. The first-order valence-corrected chi connectivity index (χ1v) is 9.82. The molecular formula is C20H22BrNO5. The van der Waals surface area contributed by atoms with E-state index >= 15 is 0 Å². The molecular weight excluding hydrogens is 414 g/mol. The van der Waals surface area contributed by atoms with Gasteiger partial charge < -0.3 is 24.2 Å². The Kier molecular flexibility index (Phi) is 4.80. The average Bonchev–Trinajstić information content (AvgIpc) is 3.12. The summed E-state index contributed by atoms with van der Waals surface area (Å²) >= 11 is 3.57. The zero-order valence-electron chi connectivity index (χ0n) is 15.1. The van der Waals surface area contributed by atoms with Gasteiger partial charge in [-0.2, -0.15) is 0 Å². The fourth-order valence-electron chi connectivity index (χ4n) is 4.31. The summed E-state index contributed by atoms with van der Waals surface area (Å²) in [4.78, 5) is 13.6. The lowest BCUT2D eigenvalue weighted by Gasteiger charge is -2.43. The number of benzene rings is 1. The van der Waals surface area contributed by atoms with Gasteiger partial charge in [-0.3, -0.25) is 4.79 Å². The van der Waals surface area contributed by atoms with Crippen LogP contribution >= 0.6 is 15.9 Å². The molecule has 0 aromatic heterocycles. The van der Waals surface area contributed by atoms with E-state index in [1.807, 2.05) is 4.90 Å². The molecule has 1 spiro atoms. The van der Waals surface area contributed by atoms with Crippen molar-refractivity contribution in [2.45, 2.75) is 43.9 Å². The van der Waals surface area contributed by atoms with Gasteiger partial charge in [0.2, 0.25) is 6.41 Å². The van der Waals surface area contributed by atoms with Crippen LogP contribution in [-0.2, 0) is 20.7 Å². The normalized spacial score (nSPS) is 23.0. The van der Waals surface area contributed by atoms with Gasteiger partial charge in [0.1, 0.15) is 12.5 Å². The number of methoxy groups -OCH3 is 1. The van der Waals surface area contributed by atoms with Crippen LogP contribution in [0.15, 0.2) is 40.3 Å². The van der Waals surface area contributed by atoms with Gasteiger partial charge in [0.25, 0.3) is 5.79 Å². The van der Waals surface area contributed by atoms with Crippen molar-refractivity contribution in [2.24, 2.45) is 0 Å². The van der Waals surface area contributed by atoms with Crippen molar-refractivity contribution in [1.29, 1.82) is 0 Å². The van der Waals surface area contributed by atoms with Gasteiger partial charge in [-0.15, -0.1) is 0 Å². The molecule has 7 heteroatoms. The first-order valence-electron chi connectivity index (χ1n) is 9.03. The van der Waals surface area contributed by atoms with Crippen LogP contribution in [0.2, 0.25) is 0 Å². The lowest BCUT2D eigenvalue weighted by Crippen LogP contribution is -2.46. The molecule has 2 aliphatic heterocycles. The van der Waals surface area contributed by atoms with Crippen LogP contribution in [0.25, 0.3) is 0 Å². The SMILES string of the molecule is COc1cc(Br)c(CC2C3=C(CCN2C=O)CC2(CC3)OC=CO2)cc1O. The molecule has 0 saturated heterocycles. The Labute approximate surface area is 166 Å². The second-order valence-electron chi connectivity index (χ2n) is 7.15. The first kappa shape index (κ1) is 18.2. The molecule has 1 N–H and O–H groups in total. The Morgan fingerprint density at radius 3 is 2.85 bits per heavy atom. The van der Waals surface area contributed by atoms with E-state index in [9.17, 15) is 9.90 Å². The van der Waals surface area contributed by atoms with E-state index in [0.29, 0.717) is 18.7 Å². The Hall–Kier alpha value is -2.15. The van der Waals surface area contributed by atoms with Crippen molar-refractivity contribution >= 4 is 22.3 Å². The number of carbonyl (C=O) groups is 1. The van der Waals surface area contributed by atoms with Crippen LogP contribution in [-0.4, -0.2) is 41.9 Å². The van der Waals surface area contributed by atoms with Gasteiger partial charge in [-0.25, -0.2) is 0 Å². The van der Waals surface area contributed by atoms with E-state index in [1.54, 1.807) is 24.7 Å². The summed E-state index contributed by atoms with van der Waals surface area (Å²) in [5.41, 5.74) is 3.55. The molecule has 27 heavy (non-hydrogen) atoms. The Balaban J connectivity index is 1.63. The van der Waals surface area contributed by atoms with Gasteiger partial charge in [0.05, 0.1) is 13.2 Å². The second-order valence-corrected chi connectivity index (χ2v) is 8.01. The van der Waals surface area contributed by atoms with Gasteiger partial charge in [0, 0.05) is 23.9 Å². The number of halogens is 1. The largest absolute Gasteiger partial charge is 0.504 e. The van der Waals surface area contributed by atoms with E-state index in [1.165, 1.54) is 18.3 Å². The van der Waals surface area contributed by atoms with E-state index < -0.39 is 5.79 Å². The van der Waals surface area contributed by atoms with E-state index in [0.717, 1.165) is 42.1 Å². The molecule has 1 atom stereocenters. The quantitative estimate of drug-likeness (QED) is 0.577. The molecule has 2 heterocycles. The molecule has 0 saturated carbocycles. The van der Waals surface area contributed by atoms with Crippen molar-refractivity contribution in [3.63, 3.8) is 0 Å². The highest BCUT2D eigenvalue weighted by Gasteiger charge is 2.43. The van der Waals surface area contributed by atoms with Crippen molar-refractivity contribution in [2.75, 3.05) is 13.7 Å². The fourth-order valence-corrected chi connectivity index (χ4v) is 4.80. The number of rotatable bonds is 4. The minimum Gasteiger partial charge on any atom is -0.504 e. The third-order valence-corrected chi connectivity index (χ3v) is 6.44. The number of hydrogen-bond donors (Lipinski definition) is 1. The molecule has 1 unspecified atom stereocenters. The highest BCUT2D eigenvalue weighted by Crippen LogP contribution is 2.44. The highest BCUT2D eigenvalue weighted by molar-refractivity contribution is 9.10. The number of ether oxygens (including phenoxy) is 3. The minimum atomic E-state index is -0.564. The molecule has 0 bridgehead atoms. The molecule has 1 aromatic carbocycles. The molecule has 6 nitrogen and oxygen atoms in total. The summed E-state index contributed by atoms with van der Waals surface area (Å²) in [6.07, 6.45) is 7.94. The number of amides is 1. The van der Waals surface area contributed by atoms with Gasteiger partial charge >= 0.3 is 0 Å². The van der Waals surface area contributed by atoms with Crippen LogP contribution in [0.3, 0.4) is 0 Å². The summed E-state index contributed by atoms with van der Waals surface area (Å²) in [6.45, 7) is 0.677. The van der Waals surface area contributed by atoms with E-state index in [2.05, 4.69) is 15.9 Å². The molecule has 1 amide bonds. The summed E-state index contributed by atoms with van der Waals surface area (Å²) < 4.78 is 17.5. The van der Waals surface area contributed by atoms with Crippen LogP contribution in [0, 0.1) is 0 Å². The fraction of sp³-hybridized carbons (Fsp3) is 0.450. The molecule has 1 aromatic rings. The number of aromatic hydroxyl groups is 1. The van der Waals surface area contributed by atoms with Crippen LogP contribution in [0.5, 0.6) is 11.5 Å². The Bertz CT molecular complexity index is 811. The number of nitrogens with zero attached hydrogens (tertiary/aromatic N) is 1. The third-order valence-electron chi connectivity index (χ3n) is 5.70. The Morgan fingerprint density at radius 2 is 2.15 bits per heavy atom. The van der Waals surface area contributed by atoms with Crippen molar-refractivity contribution in [3.05, 3.63) is 45.8 Å². The van der Waals surface area contributed by atoms with E-state index in [4.69, 9.17) is 14.2 Å². The second kappa shape index (κ2) is 7.11. The van der Waals surface area contributed by atoms with Gasteiger partial charge in [0.15, 0.2) is 11.5 Å². The first-order chi connectivity index (χ1) is 13.0. The van der Waals surface area contributed by atoms with Crippen molar-refractivity contribution in [1.82, 2.24) is 4.90 Å². The van der Waals surface area contributed by atoms with E-state index in [-0.39, 0.29) is 11.8 Å². The highest BCUT2D eigenvalue weighted by atomic mass is 79.9. The van der Waals surface area contributed by atoms with Crippen LogP contribution in [0.1, 0.15) is 31.2 Å². The van der Waals surface area contributed by atoms with Crippen molar-refractivity contribution < 1.29 is 24.1 Å². The molecule has 3 aliphatic rings. The number of hydrogen-bond acceptors (Lipinski definition) is 5. The van der Waals surface area contributed by atoms with Gasteiger partial charge in [-0.05, 0) is 42.5 Å². The standard InChI is InChI=1S/C20H22BrNO5/c1-25-19-10-16(21)14(9-18(19)24)8-17-15-2-4-20(26-6-7-27-20)11-13(15)3-5-22(17)12-23/h6-7,9-10,12,17,24H,2-5,8,11H2,1H3. The maximum atomic E-state index is 11.7. The lowest BCUT2D eigenvalue weighted by atomic mass is 9.78. The number of phenolic OH excluding ortho intramolecular Hbond substituents is 1. The summed E-state index contributed by atoms with van der Waals surface area (Å²) in [5, 5.41) is 10.2. The molecule has 1 aliphatic carbocycles.